The predicted molar refractivity (Wildman–Crippen MR) is 125 cm³/mol. The van der Waals surface area contributed by atoms with Gasteiger partial charge in [0.25, 0.3) is 0 Å². The fraction of sp³-hybridized carbons (Fsp3) is 0.444. The summed E-state index contributed by atoms with van der Waals surface area (Å²) in [6.45, 7) is 36.2. The molecule has 0 aromatic carbocycles. The van der Waals surface area contributed by atoms with Crippen LogP contribution in [0.2, 0.25) is 0 Å². The van der Waals surface area contributed by atoms with E-state index in [2.05, 4.69) is 65.8 Å². The summed E-state index contributed by atoms with van der Waals surface area (Å²) in [5.41, 5.74) is 34.3. The van der Waals surface area contributed by atoms with E-state index in [-0.39, 0.29) is 0 Å². The van der Waals surface area contributed by atoms with E-state index < -0.39 is 0 Å². The van der Waals surface area contributed by atoms with Gasteiger partial charge in [0.15, 0.2) is 0 Å². The van der Waals surface area contributed by atoms with Crippen LogP contribution in [0, 0.1) is 0 Å². The van der Waals surface area contributed by atoms with Gasteiger partial charge in [-0.25, -0.2) is 0 Å². The maximum atomic E-state index is 4.90. The quantitative estimate of drug-likeness (QED) is 0.359. The fourth-order valence-corrected chi connectivity index (χ4v) is 0. The first-order chi connectivity index (χ1) is 12.2. The molecule has 0 spiro atoms. The average Bonchev–Trinajstić information content (AvgIpc) is 2.76. The van der Waals surface area contributed by atoms with Gasteiger partial charge in [-0.05, 0) is 6.54 Å². The van der Waals surface area contributed by atoms with Gasteiger partial charge in [0.1, 0.15) is 0 Å². The van der Waals surface area contributed by atoms with Crippen molar-refractivity contribution in [2.75, 3.05) is 45.8 Å². The largest absolute Gasteiger partial charge is 0.331 e. The third-order valence-electron chi connectivity index (χ3n) is 0.500. The van der Waals surface area contributed by atoms with Crippen LogP contribution < -0.4 is 40.1 Å². The summed E-state index contributed by atoms with van der Waals surface area (Å²) >= 11 is 0. The molecule has 0 amide bonds. The van der Waals surface area contributed by atoms with Gasteiger partial charge in [0.05, 0.1) is 0 Å². The lowest BCUT2D eigenvalue weighted by molar-refractivity contribution is 0.976. The Kier molecular flexibility index (Phi) is 793. The maximum Gasteiger partial charge on any atom is 0.00461 e. The first kappa shape index (κ1) is 56.6. The Bertz CT molecular complexity index is 80.3. The van der Waals surface area contributed by atoms with Crippen LogP contribution in [0.4, 0.5) is 0 Å². The summed E-state index contributed by atoms with van der Waals surface area (Å²) in [5, 5.41) is 0. The van der Waals surface area contributed by atoms with Crippen LogP contribution in [-0.2, 0) is 0 Å². The van der Waals surface area contributed by atoms with Gasteiger partial charge < -0.3 is 40.1 Å². The van der Waals surface area contributed by atoms with E-state index in [4.69, 9.17) is 40.1 Å². The molecule has 0 aliphatic rings. The standard InChI is InChI=1S/3C2H8N2.C2H7N.5C2H4/c3*3-1-2-4;1-2-3;5*1-2/h3*1-4H2;2-3H2,1H3;5*1-2H2. The second-order valence-electron chi connectivity index (χ2n) is 2.14. The van der Waals surface area contributed by atoms with Crippen LogP contribution in [0.15, 0.2) is 65.8 Å². The van der Waals surface area contributed by atoms with Crippen molar-refractivity contribution in [1.82, 2.24) is 0 Å². The molecule has 158 valence electrons. The van der Waals surface area contributed by atoms with Crippen LogP contribution >= 0.6 is 0 Å². The van der Waals surface area contributed by atoms with Crippen LogP contribution in [0.25, 0.3) is 0 Å². The SMILES string of the molecule is C=C.C=C.C=C.C=C.C=C.CCN.NCCN.NCCN.NCCN. The van der Waals surface area contributed by atoms with Crippen molar-refractivity contribution in [2.45, 2.75) is 6.92 Å². The molecule has 25 heavy (non-hydrogen) atoms. The zero-order chi connectivity index (χ0) is 22.9. The topological polar surface area (TPSA) is 182 Å². The van der Waals surface area contributed by atoms with Gasteiger partial charge >= 0.3 is 0 Å². The highest BCUT2D eigenvalue weighted by Gasteiger charge is 1.55. The molecule has 0 unspecified atom stereocenters. The van der Waals surface area contributed by atoms with Gasteiger partial charge in [0.2, 0.25) is 0 Å². The summed E-state index contributed by atoms with van der Waals surface area (Å²) < 4.78 is 0. The smallest absolute Gasteiger partial charge is 0.00461 e. The van der Waals surface area contributed by atoms with E-state index >= 15 is 0 Å². The first-order valence-electron chi connectivity index (χ1n) is 7.56. The third kappa shape index (κ3) is 4640. The molecular formula is C18H51N7. The Hall–Kier alpha value is -1.58. The van der Waals surface area contributed by atoms with Crippen molar-refractivity contribution in [3.05, 3.63) is 65.8 Å². The Labute approximate surface area is 159 Å². The minimum atomic E-state index is 0.597. The highest BCUT2D eigenvalue weighted by Crippen LogP contribution is 1.25. The molecule has 0 rings (SSSR count). The van der Waals surface area contributed by atoms with E-state index in [9.17, 15) is 0 Å². The van der Waals surface area contributed by atoms with Gasteiger partial charge in [-0.3, -0.25) is 0 Å². The fourth-order valence-electron chi connectivity index (χ4n) is 0. The zero-order valence-electron chi connectivity index (χ0n) is 17.1. The van der Waals surface area contributed by atoms with Crippen molar-refractivity contribution in [3.8, 4) is 0 Å². The summed E-state index contributed by atoms with van der Waals surface area (Å²) in [5.74, 6) is 0. The van der Waals surface area contributed by atoms with Crippen LogP contribution in [-0.4, -0.2) is 45.8 Å². The van der Waals surface area contributed by atoms with Gasteiger partial charge in [-0.2, -0.15) is 0 Å². The summed E-state index contributed by atoms with van der Waals surface area (Å²) in [7, 11) is 0. The van der Waals surface area contributed by atoms with Crippen molar-refractivity contribution in [2.24, 2.45) is 40.1 Å². The van der Waals surface area contributed by atoms with E-state index in [0.717, 1.165) is 6.54 Å². The number of hydrogen-bond acceptors (Lipinski definition) is 7. The highest BCUT2D eigenvalue weighted by molar-refractivity contribution is 4.27. The Morgan fingerprint density at radius 3 is 0.400 bits per heavy atom. The molecular weight excluding hydrogens is 314 g/mol. The second-order valence-corrected chi connectivity index (χ2v) is 2.14. The minimum Gasteiger partial charge on any atom is -0.331 e. The van der Waals surface area contributed by atoms with Crippen LogP contribution in [0.5, 0.6) is 0 Å². The molecule has 7 heteroatoms. The van der Waals surface area contributed by atoms with E-state index in [1.54, 1.807) is 0 Å². The molecule has 0 bridgehead atoms. The Morgan fingerprint density at radius 2 is 0.400 bits per heavy atom. The third-order valence-corrected chi connectivity index (χ3v) is 0.500. The molecule has 0 radical (unpaired) electrons. The molecule has 0 saturated heterocycles. The molecule has 0 aliphatic carbocycles. The molecule has 0 aromatic heterocycles. The average molecular weight is 366 g/mol. The molecule has 14 N–H and O–H groups in total. The van der Waals surface area contributed by atoms with Gasteiger partial charge in [-0.1, -0.05) is 6.92 Å². The summed E-state index contributed by atoms with van der Waals surface area (Å²) in [6.07, 6.45) is 0. The molecule has 0 atom stereocenters. The number of hydrogen-bond donors (Lipinski definition) is 7. The Balaban J connectivity index is -0.0000000168. The van der Waals surface area contributed by atoms with E-state index in [0.29, 0.717) is 39.3 Å². The normalized spacial score (nSPS) is 5.12. The molecule has 0 fully saturated rings. The van der Waals surface area contributed by atoms with Crippen molar-refractivity contribution >= 4 is 0 Å². The number of rotatable bonds is 3. The molecule has 0 saturated carbocycles. The van der Waals surface area contributed by atoms with Gasteiger partial charge in [-0.15, -0.1) is 65.8 Å². The molecule has 0 heterocycles. The number of nitrogens with two attached hydrogens (primary N) is 7. The zero-order valence-corrected chi connectivity index (χ0v) is 17.1. The van der Waals surface area contributed by atoms with Crippen molar-refractivity contribution in [1.29, 1.82) is 0 Å². The highest BCUT2D eigenvalue weighted by atomic mass is 14.6. The lowest BCUT2D eigenvalue weighted by Crippen LogP contribution is -2.11. The van der Waals surface area contributed by atoms with Crippen molar-refractivity contribution in [3.63, 3.8) is 0 Å². The molecule has 0 aromatic rings. The minimum absolute atomic E-state index is 0.597. The van der Waals surface area contributed by atoms with Crippen molar-refractivity contribution < 1.29 is 0 Å². The first-order valence-corrected chi connectivity index (χ1v) is 7.56. The van der Waals surface area contributed by atoms with Crippen LogP contribution in [0.3, 0.4) is 0 Å². The van der Waals surface area contributed by atoms with Gasteiger partial charge in [0, 0.05) is 39.3 Å². The second kappa shape index (κ2) is 350. The monoisotopic (exact) mass is 365 g/mol. The Morgan fingerprint density at radius 1 is 0.360 bits per heavy atom. The summed E-state index contributed by atoms with van der Waals surface area (Å²) in [4.78, 5) is 0. The molecule has 7 nitrogen and oxygen atoms in total. The van der Waals surface area contributed by atoms with E-state index in [1.807, 2.05) is 6.92 Å². The summed E-state index contributed by atoms with van der Waals surface area (Å²) in [6, 6.07) is 0. The predicted octanol–water partition coefficient (Wildman–Crippen LogP) is 0.687. The van der Waals surface area contributed by atoms with E-state index in [1.165, 1.54) is 0 Å². The van der Waals surface area contributed by atoms with Crippen LogP contribution in [0.1, 0.15) is 6.92 Å². The lowest BCUT2D eigenvalue weighted by atomic mass is 10.7. The molecule has 0 aliphatic heterocycles. The lowest BCUT2D eigenvalue weighted by Gasteiger charge is -1.72. The maximum absolute atomic E-state index is 4.90.